The molecule has 2 aliphatic carbocycles. The van der Waals surface area contributed by atoms with E-state index in [0.29, 0.717) is 16.7 Å². The van der Waals surface area contributed by atoms with E-state index >= 15 is 0 Å². The summed E-state index contributed by atoms with van der Waals surface area (Å²) in [5, 5.41) is 16.5. The van der Waals surface area contributed by atoms with Crippen LogP contribution in [0.1, 0.15) is 53.8 Å². The van der Waals surface area contributed by atoms with E-state index in [1.54, 1.807) is 10.9 Å². The topological polar surface area (TPSA) is 120 Å². The van der Waals surface area contributed by atoms with Crippen LogP contribution in [0, 0.1) is 5.41 Å². The molecule has 8 heteroatoms. The number of hydrogen-bond acceptors (Lipinski definition) is 5. The Kier molecular flexibility index (Phi) is 3.07. The van der Waals surface area contributed by atoms with Gasteiger partial charge in [0.2, 0.25) is 0 Å². The van der Waals surface area contributed by atoms with Crippen molar-refractivity contribution in [1.82, 2.24) is 25.2 Å². The monoisotopic (exact) mass is 350 g/mol. The van der Waals surface area contributed by atoms with E-state index in [0.717, 1.165) is 36.8 Å². The molecule has 2 heterocycles. The minimum atomic E-state index is -0.551. The summed E-state index contributed by atoms with van der Waals surface area (Å²) in [5.74, 6) is -0.181. The number of aromatic amines is 1. The Labute approximate surface area is 148 Å². The van der Waals surface area contributed by atoms with Crippen molar-refractivity contribution in [3.63, 3.8) is 0 Å². The number of H-pyrrole nitrogens is 1. The molecule has 132 valence electrons. The first-order valence-corrected chi connectivity index (χ1v) is 8.74. The zero-order valence-corrected chi connectivity index (χ0v) is 14.1. The molecule has 0 atom stereocenters. The lowest BCUT2D eigenvalue weighted by atomic mass is 9.49. The molecule has 1 spiro atoms. The average Bonchev–Trinajstić information content (AvgIpc) is 3.04. The van der Waals surface area contributed by atoms with E-state index in [1.807, 2.05) is 24.3 Å². The van der Waals surface area contributed by atoms with Gasteiger partial charge >= 0.3 is 0 Å². The van der Waals surface area contributed by atoms with Crippen LogP contribution in [0.2, 0.25) is 0 Å². The number of hydrogen-bond donors (Lipinski definition) is 2. The first-order valence-electron chi connectivity index (χ1n) is 8.74. The van der Waals surface area contributed by atoms with Gasteiger partial charge in [-0.3, -0.25) is 9.59 Å². The van der Waals surface area contributed by atoms with Gasteiger partial charge in [-0.2, -0.15) is 5.10 Å². The SMILES string of the molecule is NC(=O)c1cn(C2CC3(CC(c4n[nH]c(=O)c5ccccc45)C3)C2)nn1. The van der Waals surface area contributed by atoms with Crippen molar-refractivity contribution in [2.75, 3.05) is 0 Å². The second-order valence-electron chi connectivity index (χ2n) is 7.60. The number of fused-ring (bicyclic) bond motifs is 1. The lowest BCUT2D eigenvalue weighted by Crippen LogP contribution is -2.47. The van der Waals surface area contributed by atoms with Crippen molar-refractivity contribution in [1.29, 1.82) is 0 Å². The second-order valence-corrected chi connectivity index (χ2v) is 7.60. The number of nitrogens with zero attached hydrogens (tertiary/aromatic N) is 4. The molecule has 5 rings (SSSR count). The number of primary amides is 1. The molecule has 2 saturated carbocycles. The van der Waals surface area contributed by atoms with Gasteiger partial charge < -0.3 is 5.73 Å². The smallest absolute Gasteiger partial charge is 0.272 e. The highest BCUT2D eigenvalue weighted by Gasteiger charge is 2.54. The maximum absolute atomic E-state index is 11.9. The number of carbonyl (C=O) groups is 1. The highest BCUT2D eigenvalue weighted by atomic mass is 16.1. The number of carbonyl (C=O) groups excluding carboxylic acids is 1. The number of nitrogens with two attached hydrogens (primary N) is 1. The van der Waals surface area contributed by atoms with Gasteiger partial charge in [0.05, 0.1) is 23.3 Å². The molecule has 0 aliphatic heterocycles. The molecular formula is C18H18N6O2. The van der Waals surface area contributed by atoms with Crippen LogP contribution in [-0.4, -0.2) is 31.1 Å². The summed E-state index contributed by atoms with van der Waals surface area (Å²) in [4.78, 5) is 23.1. The summed E-state index contributed by atoms with van der Waals surface area (Å²) < 4.78 is 1.76. The quantitative estimate of drug-likeness (QED) is 0.742. The van der Waals surface area contributed by atoms with Gasteiger partial charge in [0.1, 0.15) is 0 Å². The maximum Gasteiger partial charge on any atom is 0.272 e. The Morgan fingerprint density at radius 2 is 1.92 bits per heavy atom. The third kappa shape index (κ3) is 2.18. The normalized spacial score (nSPS) is 27.2. The number of benzene rings is 1. The highest BCUT2D eigenvalue weighted by Crippen LogP contribution is 2.65. The van der Waals surface area contributed by atoms with Crippen LogP contribution in [0.15, 0.2) is 35.3 Å². The van der Waals surface area contributed by atoms with Gasteiger partial charge in [-0.05, 0) is 37.2 Å². The second kappa shape index (κ2) is 5.23. The number of nitrogens with one attached hydrogen (secondary N) is 1. The minimum absolute atomic E-state index is 0.140. The van der Waals surface area contributed by atoms with E-state index in [1.165, 1.54) is 0 Å². The van der Waals surface area contributed by atoms with Gasteiger partial charge in [0, 0.05) is 11.3 Å². The van der Waals surface area contributed by atoms with Crippen molar-refractivity contribution >= 4 is 16.7 Å². The van der Waals surface area contributed by atoms with Crippen molar-refractivity contribution in [3.8, 4) is 0 Å². The van der Waals surface area contributed by atoms with Gasteiger partial charge in [0.15, 0.2) is 5.69 Å². The summed E-state index contributed by atoms with van der Waals surface area (Å²) in [6.45, 7) is 0. The lowest BCUT2D eigenvalue weighted by Gasteiger charge is -2.57. The van der Waals surface area contributed by atoms with Crippen molar-refractivity contribution in [2.24, 2.45) is 11.1 Å². The van der Waals surface area contributed by atoms with Gasteiger partial charge in [0.25, 0.3) is 11.5 Å². The van der Waals surface area contributed by atoms with Crippen LogP contribution >= 0.6 is 0 Å². The third-order valence-electron chi connectivity index (χ3n) is 5.95. The molecule has 2 aromatic heterocycles. The molecule has 1 aromatic carbocycles. The van der Waals surface area contributed by atoms with Crippen LogP contribution in [0.5, 0.6) is 0 Å². The van der Waals surface area contributed by atoms with E-state index < -0.39 is 5.91 Å². The standard InChI is InChI=1S/C18H18N6O2/c19-16(25)14-9-24(23-20-14)11-7-18(8-11)5-10(6-18)15-12-3-1-2-4-13(12)17(26)22-21-15/h1-4,9-11H,5-8H2,(H2,19,25)(H,22,26). The minimum Gasteiger partial charge on any atom is -0.364 e. The molecule has 0 radical (unpaired) electrons. The maximum atomic E-state index is 11.9. The molecule has 2 fully saturated rings. The van der Waals surface area contributed by atoms with Gasteiger partial charge in [-0.15, -0.1) is 5.10 Å². The Bertz CT molecular complexity index is 1070. The zero-order valence-electron chi connectivity index (χ0n) is 14.1. The number of rotatable bonds is 3. The summed E-state index contributed by atoms with van der Waals surface area (Å²) in [6.07, 6.45) is 5.79. The van der Waals surface area contributed by atoms with Gasteiger partial charge in [-0.25, -0.2) is 9.78 Å². The molecule has 3 aromatic rings. The molecule has 0 saturated heterocycles. The molecule has 26 heavy (non-hydrogen) atoms. The largest absolute Gasteiger partial charge is 0.364 e. The first kappa shape index (κ1) is 15.2. The molecule has 1 amide bonds. The zero-order chi connectivity index (χ0) is 17.9. The predicted octanol–water partition coefficient (Wildman–Crippen LogP) is 1.51. The van der Waals surface area contributed by atoms with Crippen molar-refractivity contribution < 1.29 is 4.79 Å². The molecule has 0 unspecified atom stereocenters. The van der Waals surface area contributed by atoms with E-state index in [2.05, 4.69) is 20.5 Å². The fourth-order valence-electron chi connectivity index (χ4n) is 4.65. The summed E-state index contributed by atoms with van der Waals surface area (Å²) in [6, 6.07) is 7.91. The first-order chi connectivity index (χ1) is 12.5. The van der Waals surface area contributed by atoms with Gasteiger partial charge in [-0.1, -0.05) is 23.4 Å². The Morgan fingerprint density at radius 3 is 2.62 bits per heavy atom. The van der Waals surface area contributed by atoms with Crippen LogP contribution in [0.3, 0.4) is 0 Å². The van der Waals surface area contributed by atoms with Crippen LogP contribution < -0.4 is 11.3 Å². The molecular weight excluding hydrogens is 332 g/mol. The van der Waals surface area contributed by atoms with Crippen LogP contribution in [0.4, 0.5) is 0 Å². The summed E-state index contributed by atoms with van der Waals surface area (Å²) in [5.41, 5.74) is 6.60. The van der Waals surface area contributed by atoms with E-state index in [-0.39, 0.29) is 17.3 Å². The Balaban J connectivity index is 1.31. The lowest BCUT2D eigenvalue weighted by molar-refractivity contribution is -0.0403. The number of aromatic nitrogens is 5. The van der Waals surface area contributed by atoms with E-state index in [4.69, 9.17) is 5.73 Å². The molecule has 2 aliphatic rings. The third-order valence-corrected chi connectivity index (χ3v) is 5.95. The van der Waals surface area contributed by atoms with Crippen LogP contribution in [0.25, 0.3) is 10.8 Å². The summed E-state index contributed by atoms with van der Waals surface area (Å²) >= 11 is 0. The van der Waals surface area contributed by atoms with Crippen LogP contribution in [-0.2, 0) is 0 Å². The fourth-order valence-corrected chi connectivity index (χ4v) is 4.65. The fraction of sp³-hybridized carbons (Fsp3) is 0.389. The van der Waals surface area contributed by atoms with Crippen molar-refractivity contribution in [3.05, 3.63) is 52.2 Å². The molecule has 8 nitrogen and oxygen atoms in total. The van der Waals surface area contributed by atoms with Crippen molar-refractivity contribution in [2.45, 2.75) is 37.6 Å². The predicted molar refractivity (Wildman–Crippen MR) is 93.6 cm³/mol. The Morgan fingerprint density at radius 1 is 1.19 bits per heavy atom. The van der Waals surface area contributed by atoms with E-state index in [9.17, 15) is 9.59 Å². The highest BCUT2D eigenvalue weighted by molar-refractivity contribution is 5.90. The molecule has 3 N–H and O–H groups in total. The average molecular weight is 350 g/mol. The molecule has 0 bridgehead atoms. The Hall–Kier alpha value is -3.03. The summed E-state index contributed by atoms with van der Waals surface area (Å²) in [7, 11) is 0. The number of amides is 1.